The molecule has 3 rings (SSSR count). The molecule has 0 unspecified atom stereocenters. The van der Waals surface area contributed by atoms with Crippen LogP contribution in [0.3, 0.4) is 0 Å². The Morgan fingerprint density at radius 2 is 2.29 bits per heavy atom. The molecule has 2 amide bonds. The molecule has 0 spiro atoms. The Bertz CT molecular complexity index is 830. The van der Waals surface area contributed by atoms with Gasteiger partial charge in [-0.15, -0.1) is 0 Å². The summed E-state index contributed by atoms with van der Waals surface area (Å²) in [5, 5.41) is 9.85. The zero-order chi connectivity index (χ0) is 17.3. The third-order valence-corrected chi connectivity index (χ3v) is 4.58. The SMILES string of the molecule is C=CC(=C)c1n[nH]c2c1CN(C(=O)Nc1cccc(Br)c1F)CC2. The third kappa shape index (κ3) is 2.99. The summed E-state index contributed by atoms with van der Waals surface area (Å²) in [6, 6.07) is 4.42. The van der Waals surface area contributed by atoms with Gasteiger partial charge in [0.05, 0.1) is 22.4 Å². The van der Waals surface area contributed by atoms with Crippen molar-refractivity contribution in [3.8, 4) is 0 Å². The minimum Gasteiger partial charge on any atom is -0.320 e. The molecule has 1 aliphatic heterocycles. The second kappa shape index (κ2) is 6.60. The molecule has 5 nitrogen and oxygen atoms in total. The van der Waals surface area contributed by atoms with Crippen LogP contribution in [-0.4, -0.2) is 27.7 Å². The molecule has 2 N–H and O–H groups in total. The van der Waals surface area contributed by atoms with Gasteiger partial charge < -0.3 is 10.2 Å². The summed E-state index contributed by atoms with van der Waals surface area (Å²) in [7, 11) is 0. The summed E-state index contributed by atoms with van der Waals surface area (Å²) in [5.74, 6) is -0.493. The van der Waals surface area contributed by atoms with Crippen LogP contribution in [0.25, 0.3) is 5.57 Å². The van der Waals surface area contributed by atoms with Crippen LogP contribution in [0.2, 0.25) is 0 Å². The number of carbonyl (C=O) groups excluding carboxylic acids is 1. The molecule has 24 heavy (non-hydrogen) atoms. The van der Waals surface area contributed by atoms with Crippen LogP contribution in [0.15, 0.2) is 41.9 Å². The van der Waals surface area contributed by atoms with E-state index in [9.17, 15) is 9.18 Å². The first-order valence-electron chi connectivity index (χ1n) is 7.39. The fourth-order valence-corrected chi connectivity index (χ4v) is 2.99. The molecule has 0 saturated heterocycles. The topological polar surface area (TPSA) is 61.0 Å². The van der Waals surface area contributed by atoms with Crippen molar-refractivity contribution in [2.24, 2.45) is 0 Å². The number of rotatable bonds is 3. The lowest BCUT2D eigenvalue weighted by Gasteiger charge is -2.27. The Kier molecular flexibility index (Phi) is 4.53. The maximum absolute atomic E-state index is 14.0. The van der Waals surface area contributed by atoms with E-state index in [-0.39, 0.29) is 11.7 Å². The van der Waals surface area contributed by atoms with Gasteiger partial charge in [0.15, 0.2) is 5.82 Å². The van der Waals surface area contributed by atoms with E-state index in [0.717, 1.165) is 11.3 Å². The third-order valence-electron chi connectivity index (χ3n) is 3.96. The molecule has 0 fully saturated rings. The second-order valence-corrected chi connectivity index (χ2v) is 6.32. The average molecular weight is 391 g/mol. The Balaban J connectivity index is 1.78. The van der Waals surface area contributed by atoms with Gasteiger partial charge >= 0.3 is 6.03 Å². The Hall–Kier alpha value is -2.41. The van der Waals surface area contributed by atoms with Gasteiger partial charge in [-0.05, 0) is 33.6 Å². The maximum atomic E-state index is 14.0. The monoisotopic (exact) mass is 390 g/mol. The van der Waals surface area contributed by atoms with Crippen molar-refractivity contribution in [3.05, 3.63) is 64.7 Å². The number of nitrogens with zero attached hydrogens (tertiary/aromatic N) is 2. The lowest BCUT2D eigenvalue weighted by molar-refractivity contribution is 0.206. The molecule has 2 aromatic rings. The molecule has 0 radical (unpaired) electrons. The highest BCUT2D eigenvalue weighted by molar-refractivity contribution is 9.10. The van der Waals surface area contributed by atoms with E-state index in [4.69, 9.17) is 0 Å². The first kappa shape index (κ1) is 16.4. The smallest absolute Gasteiger partial charge is 0.320 e. The number of H-pyrrole nitrogens is 1. The molecule has 1 aromatic heterocycles. The fraction of sp³-hybridized carbons (Fsp3) is 0.176. The number of halogens is 2. The van der Waals surface area contributed by atoms with Crippen molar-refractivity contribution in [1.29, 1.82) is 0 Å². The summed E-state index contributed by atoms with van der Waals surface area (Å²) < 4.78 is 14.3. The van der Waals surface area contributed by atoms with Crippen molar-refractivity contribution in [3.63, 3.8) is 0 Å². The quantitative estimate of drug-likeness (QED) is 0.774. The summed E-state index contributed by atoms with van der Waals surface area (Å²) >= 11 is 3.11. The fourth-order valence-electron chi connectivity index (χ4n) is 2.63. The van der Waals surface area contributed by atoms with Crippen LogP contribution in [0, 0.1) is 5.82 Å². The van der Waals surface area contributed by atoms with Crippen molar-refractivity contribution >= 4 is 33.2 Å². The van der Waals surface area contributed by atoms with E-state index in [1.807, 2.05) is 0 Å². The molecule has 0 atom stereocenters. The molecule has 1 aliphatic rings. The Labute approximate surface area is 147 Å². The van der Waals surface area contributed by atoms with E-state index in [2.05, 4.69) is 44.6 Å². The van der Waals surface area contributed by atoms with Crippen LogP contribution in [-0.2, 0) is 13.0 Å². The average Bonchev–Trinajstić information content (AvgIpc) is 3.01. The number of amides is 2. The van der Waals surface area contributed by atoms with Crippen LogP contribution < -0.4 is 5.32 Å². The Morgan fingerprint density at radius 3 is 3.04 bits per heavy atom. The highest BCUT2D eigenvalue weighted by atomic mass is 79.9. The number of benzene rings is 1. The molecule has 0 bridgehead atoms. The zero-order valence-electron chi connectivity index (χ0n) is 12.9. The molecule has 2 heterocycles. The van der Waals surface area contributed by atoms with Crippen molar-refractivity contribution in [2.45, 2.75) is 13.0 Å². The molecule has 0 aliphatic carbocycles. The molecular weight excluding hydrogens is 375 g/mol. The van der Waals surface area contributed by atoms with Gasteiger partial charge in [0, 0.05) is 24.2 Å². The second-order valence-electron chi connectivity index (χ2n) is 5.46. The van der Waals surface area contributed by atoms with Gasteiger partial charge in [0.25, 0.3) is 0 Å². The number of anilines is 1. The van der Waals surface area contributed by atoms with E-state index >= 15 is 0 Å². The lowest BCUT2D eigenvalue weighted by Crippen LogP contribution is -2.39. The van der Waals surface area contributed by atoms with Crippen LogP contribution >= 0.6 is 15.9 Å². The Morgan fingerprint density at radius 1 is 1.50 bits per heavy atom. The normalized spacial score (nSPS) is 13.3. The summed E-state index contributed by atoms with van der Waals surface area (Å²) in [4.78, 5) is 14.1. The molecular formula is C17H16BrFN4O. The number of hydrogen-bond acceptors (Lipinski definition) is 2. The highest BCUT2D eigenvalue weighted by Gasteiger charge is 2.26. The summed E-state index contributed by atoms with van der Waals surface area (Å²) in [6.45, 7) is 8.52. The number of aromatic amines is 1. The van der Waals surface area contributed by atoms with Gasteiger partial charge in [0.2, 0.25) is 0 Å². The minimum absolute atomic E-state index is 0.142. The van der Waals surface area contributed by atoms with Crippen LogP contribution in [0.4, 0.5) is 14.9 Å². The largest absolute Gasteiger partial charge is 0.322 e. The maximum Gasteiger partial charge on any atom is 0.322 e. The predicted molar refractivity (Wildman–Crippen MR) is 95.1 cm³/mol. The lowest BCUT2D eigenvalue weighted by atomic mass is 10.0. The summed E-state index contributed by atoms with van der Waals surface area (Å²) in [5.41, 5.74) is 3.48. The number of urea groups is 1. The zero-order valence-corrected chi connectivity index (χ0v) is 14.5. The van der Waals surface area contributed by atoms with Gasteiger partial charge in [-0.25, -0.2) is 9.18 Å². The molecule has 0 saturated carbocycles. The highest BCUT2D eigenvalue weighted by Crippen LogP contribution is 2.27. The minimum atomic E-state index is -0.493. The number of allylic oxidation sites excluding steroid dienone is 2. The van der Waals surface area contributed by atoms with E-state index in [1.54, 1.807) is 23.1 Å². The van der Waals surface area contributed by atoms with Crippen LogP contribution in [0.5, 0.6) is 0 Å². The van der Waals surface area contributed by atoms with Crippen molar-refractivity contribution in [1.82, 2.24) is 15.1 Å². The van der Waals surface area contributed by atoms with E-state index in [0.29, 0.717) is 35.3 Å². The number of hydrogen-bond donors (Lipinski definition) is 2. The van der Waals surface area contributed by atoms with Gasteiger partial charge in [-0.1, -0.05) is 25.3 Å². The van der Waals surface area contributed by atoms with Crippen LogP contribution in [0.1, 0.15) is 17.0 Å². The number of aromatic nitrogens is 2. The van der Waals surface area contributed by atoms with Gasteiger partial charge in [-0.2, -0.15) is 5.10 Å². The van der Waals surface area contributed by atoms with Gasteiger partial charge in [0.1, 0.15) is 0 Å². The standard InChI is InChI=1S/C17H16BrFN4O/c1-3-10(2)16-11-9-23(8-7-13(11)21-22-16)17(24)20-14-6-4-5-12(18)15(14)19/h3-6H,1-2,7-9H2,(H,20,24)(H,21,22). The van der Waals surface area contributed by atoms with Crippen molar-refractivity contribution in [2.75, 3.05) is 11.9 Å². The van der Waals surface area contributed by atoms with Gasteiger partial charge in [-0.3, -0.25) is 5.10 Å². The number of fused-ring (bicyclic) bond motifs is 1. The summed E-state index contributed by atoms with van der Waals surface area (Å²) in [6.07, 6.45) is 2.29. The predicted octanol–water partition coefficient (Wildman–Crippen LogP) is 4.10. The first-order valence-corrected chi connectivity index (χ1v) is 8.18. The number of carbonyl (C=O) groups is 1. The molecule has 124 valence electrons. The first-order chi connectivity index (χ1) is 11.5. The molecule has 1 aromatic carbocycles. The van der Waals surface area contributed by atoms with Crippen molar-refractivity contribution < 1.29 is 9.18 Å². The van der Waals surface area contributed by atoms with E-state index < -0.39 is 5.82 Å². The van der Waals surface area contributed by atoms with E-state index in [1.165, 1.54) is 6.07 Å². The number of nitrogens with one attached hydrogen (secondary N) is 2. The molecule has 7 heteroatoms.